The van der Waals surface area contributed by atoms with Crippen LogP contribution in [-0.4, -0.2) is 46.2 Å². The van der Waals surface area contributed by atoms with Crippen molar-refractivity contribution in [3.8, 4) is 0 Å². The molecule has 33 heavy (non-hydrogen) atoms. The van der Waals surface area contributed by atoms with Gasteiger partial charge in [-0.05, 0) is 57.0 Å². The second-order valence-corrected chi connectivity index (χ2v) is 11.2. The zero-order valence-corrected chi connectivity index (χ0v) is 21.4. The Morgan fingerprint density at radius 1 is 1.27 bits per heavy atom. The molecule has 0 unspecified atom stereocenters. The molecule has 1 N–H and O–H groups in total. The van der Waals surface area contributed by atoms with Gasteiger partial charge in [0.1, 0.15) is 17.8 Å². The van der Waals surface area contributed by atoms with Crippen LogP contribution >= 0.6 is 34.5 Å². The molecular weight excluding hydrogens is 485 g/mol. The zero-order valence-electron chi connectivity index (χ0n) is 19.1. The number of aliphatic hydroxyl groups excluding tert-OH is 1. The first-order valence-corrected chi connectivity index (χ1v) is 12.4. The Bertz CT molecular complexity index is 985. The largest absolute Gasteiger partial charge is 0.460 e. The number of carbonyl (C=O) groups is 2. The number of thiophene rings is 1. The number of rotatable bonds is 7. The summed E-state index contributed by atoms with van der Waals surface area (Å²) in [6.45, 7) is 6.99. The highest BCUT2D eigenvalue weighted by atomic mass is 35.5. The van der Waals surface area contributed by atoms with Gasteiger partial charge in [0.05, 0.1) is 29.4 Å². The maximum absolute atomic E-state index is 13.6. The van der Waals surface area contributed by atoms with E-state index in [-0.39, 0.29) is 18.9 Å². The molecule has 180 valence electrons. The van der Waals surface area contributed by atoms with Gasteiger partial charge in [-0.1, -0.05) is 42.3 Å². The van der Waals surface area contributed by atoms with Crippen LogP contribution < -0.4 is 0 Å². The molecule has 1 amide bonds. The second-order valence-electron chi connectivity index (χ2n) is 8.97. The van der Waals surface area contributed by atoms with E-state index in [4.69, 9.17) is 32.7 Å². The number of halogens is 2. The van der Waals surface area contributed by atoms with E-state index in [2.05, 4.69) is 0 Å². The SMILES string of the molecule is CC[C@@H](CO)N1C(=O)[C@@H](CC(=O)OC(C)(C)C)O[C@H](c2cccc(Cl)c2)[C@H]1c1ccc(Cl)s1. The Morgan fingerprint density at radius 3 is 2.55 bits per heavy atom. The minimum absolute atomic E-state index is 0.223. The van der Waals surface area contributed by atoms with Crippen molar-refractivity contribution in [1.82, 2.24) is 4.90 Å². The molecule has 1 aromatic heterocycles. The van der Waals surface area contributed by atoms with Crippen LogP contribution in [0.1, 0.15) is 63.1 Å². The first-order chi connectivity index (χ1) is 15.5. The normalized spacial score (nSPS) is 22.3. The van der Waals surface area contributed by atoms with Gasteiger partial charge < -0.3 is 19.5 Å². The van der Waals surface area contributed by atoms with E-state index >= 15 is 0 Å². The fraction of sp³-hybridized carbons (Fsp3) is 0.500. The van der Waals surface area contributed by atoms with Gasteiger partial charge in [-0.15, -0.1) is 11.3 Å². The monoisotopic (exact) mass is 513 g/mol. The molecule has 1 saturated heterocycles. The summed E-state index contributed by atoms with van der Waals surface area (Å²) in [5.41, 5.74) is 0.0743. The average Bonchev–Trinajstić information content (AvgIpc) is 3.15. The lowest BCUT2D eigenvalue weighted by molar-refractivity contribution is -0.187. The van der Waals surface area contributed by atoms with E-state index in [1.165, 1.54) is 11.3 Å². The third kappa shape index (κ3) is 6.28. The van der Waals surface area contributed by atoms with Crippen LogP contribution in [0.2, 0.25) is 9.36 Å². The van der Waals surface area contributed by atoms with E-state index in [1.54, 1.807) is 43.9 Å². The summed E-state index contributed by atoms with van der Waals surface area (Å²) in [6.07, 6.45) is -1.39. The Kier molecular flexibility index (Phi) is 8.45. The Hall–Kier alpha value is -1.64. The third-order valence-corrected chi connectivity index (χ3v) is 6.87. The number of esters is 1. The van der Waals surface area contributed by atoms with Gasteiger partial charge >= 0.3 is 5.97 Å². The molecule has 1 fully saturated rings. The number of morpholine rings is 1. The highest BCUT2D eigenvalue weighted by Crippen LogP contribution is 2.46. The number of carbonyl (C=O) groups excluding carboxylic acids is 2. The predicted molar refractivity (Wildman–Crippen MR) is 130 cm³/mol. The summed E-state index contributed by atoms with van der Waals surface area (Å²) < 4.78 is 12.3. The number of ether oxygens (including phenoxy) is 2. The van der Waals surface area contributed by atoms with E-state index in [0.29, 0.717) is 15.8 Å². The fourth-order valence-corrected chi connectivity index (χ4v) is 5.35. The molecule has 0 aliphatic carbocycles. The van der Waals surface area contributed by atoms with Crippen molar-refractivity contribution < 1.29 is 24.2 Å². The van der Waals surface area contributed by atoms with Crippen molar-refractivity contribution in [3.63, 3.8) is 0 Å². The Balaban J connectivity index is 2.07. The van der Waals surface area contributed by atoms with Gasteiger partial charge in [0.2, 0.25) is 0 Å². The molecule has 2 aromatic rings. The zero-order chi connectivity index (χ0) is 24.3. The first-order valence-electron chi connectivity index (χ1n) is 10.8. The molecule has 2 heterocycles. The standard InChI is InChI=1S/C24H29Cl2NO5S/c1-5-16(13-28)27-21(18-9-10-19(26)33-18)22(14-7-6-8-15(25)11-14)31-17(23(27)30)12-20(29)32-24(2,3)4/h6-11,16-17,21-22,28H,5,12-13H2,1-4H3/t16-,17+,21+,22+/m0/s1. The van der Waals surface area contributed by atoms with E-state index in [0.717, 1.165) is 10.4 Å². The molecule has 0 bridgehead atoms. The number of nitrogens with zero attached hydrogens (tertiary/aromatic N) is 1. The van der Waals surface area contributed by atoms with Crippen molar-refractivity contribution in [2.45, 2.75) is 70.4 Å². The van der Waals surface area contributed by atoms with Crippen LogP contribution in [0.3, 0.4) is 0 Å². The van der Waals surface area contributed by atoms with Crippen molar-refractivity contribution in [2.75, 3.05) is 6.61 Å². The molecule has 4 atom stereocenters. The van der Waals surface area contributed by atoms with Gasteiger partial charge in [0.15, 0.2) is 0 Å². The average molecular weight is 514 g/mol. The number of aliphatic hydroxyl groups is 1. The first kappa shape index (κ1) is 26.0. The lowest BCUT2D eigenvalue weighted by Crippen LogP contribution is -2.56. The van der Waals surface area contributed by atoms with E-state index < -0.39 is 35.9 Å². The highest BCUT2D eigenvalue weighted by Gasteiger charge is 2.47. The predicted octanol–water partition coefficient (Wildman–Crippen LogP) is 5.57. The summed E-state index contributed by atoms with van der Waals surface area (Å²) in [4.78, 5) is 28.7. The lowest BCUT2D eigenvalue weighted by Gasteiger charge is -2.47. The molecular formula is C24H29Cl2NO5S. The second kappa shape index (κ2) is 10.7. The van der Waals surface area contributed by atoms with Crippen LogP contribution in [0.25, 0.3) is 0 Å². The molecule has 0 radical (unpaired) electrons. The number of hydrogen-bond donors (Lipinski definition) is 1. The highest BCUT2D eigenvalue weighted by molar-refractivity contribution is 7.16. The minimum Gasteiger partial charge on any atom is -0.460 e. The van der Waals surface area contributed by atoms with E-state index in [1.807, 2.05) is 25.1 Å². The van der Waals surface area contributed by atoms with Crippen LogP contribution in [0.15, 0.2) is 36.4 Å². The maximum Gasteiger partial charge on any atom is 0.309 e. The van der Waals surface area contributed by atoms with Crippen LogP contribution in [0, 0.1) is 0 Å². The molecule has 0 saturated carbocycles. The summed E-state index contributed by atoms with van der Waals surface area (Å²) >= 11 is 13.8. The summed E-state index contributed by atoms with van der Waals surface area (Å²) in [5, 5.41) is 10.6. The van der Waals surface area contributed by atoms with Gasteiger partial charge in [-0.2, -0.15) is 0 Å². The molecule has 1 aliphatic heterocycles. The minimum atomic E-state index is -1.06. The van der Waals surface area contributed by atoms with Crippen molar-refractivity contribution in [3.05, 3.63) is 56.2 Å². The molecule has 0 spiro atoms. The molecule has 1 aliphatic rings. The van der Waals surface area contributed by atoms with Gasteiger partial charge in [0, 0.05) is 9.90 Å². The Morgan fingerprint density at radius 2 is 2.00 bits per heavy atom. The van der Waals surface area contributed by atoms with Gasteiger partial charge in [-0.25, -0.2) is 0 Å². The van der Waals surface area contributed by atoms with Crippen molar-refractivity contribution >= 4 is 46.4 Å². The molecule has 9 heteroatoms. The van der Waals surface area contributed by atoms with Crippen LogP contribution in [-0.2, 0) is 19.1 Å². The van der Waals surface area contributed by atoms with Gasteiger partial charge in [-0.3, -0.25) is 9.59 Å². The summed E-state index contributed by atoms with van der Waals surface area (Å²) in [6, 6.07) is 9.85. The number of hydrogen-bond acceptors (Lipinski definition) is 6. The quantitative estimate of drug-likeness (QED) is 0.489. The lowest BCUT2D eigenvalue weighted by atomic mass is 9.93. The molecule has 1 aromatic carbocycles. The maximum atomic E-state index is 13.6. The summed E-state index contributed by atoms with van der Waals surface area (Å²) in [5.74, 6) is -0.894. The fourth-order valence-electron chi connectivity index (χ4n) is 3.97. The van der Waals surface area contributed by atoms with Crippen molar-refractivity contribution in [1.29, 1.82) is 0 Å². The van der Waals surface area contributed by atoms with Crippen LogP contribution in [0.4, 0.5) is 0 Å². The number of benzene rings is 1. The molecule has 3 rings (SSSR count). The number of amides is 1. The topological polar surface area (TPSA) is 76.1 Å². The van der Waals surface area contributed by atoms with E-state index in [9.17, 15) is 14.7 Å². The van der Waals surface area contributed by atoms with Gasteiger partial charge in [0.25, 0.3) is 5.91 Å². The van der Waals surface area contributed by atoms with Crippen molar-refractivity contribution in [2.24, 2.45) is 0 Å². The summed E-state index contributed by atoms with van der Waals surface area (Å²) in [7, 11) is 0. The van der Waals surface area contributed by atoms with Crippen LogP contribution in [0.5, 0.6) is 0 Å². The third-order valence-electron chi connectivity index (χ3n) is 5.34. The smallest absolute Gasteiger partial charge is 0.309 e. The molecule has 6 nitrogen and oxygen atoms in total. The Labute approximate surface area is 208 Å².